The molecule has 150 valence electrons. The van der Waals surface area contributed by atoms with Gasteiger partial charge in [0.25, 0.3) is 0 Å². The summed E-state index contributed by atoms with van der Waals surface area (Å²) in [5.74, 6) is 2.55. The van der Waals surface area contributed by atoms with E-state index in [1.54, 1.807) is 7.11 Å². The van der Waals surface area contributed by atoms with Gasteiger partial charge in [-0.2, -0.15) is 0 Å². The van der Waals surface area contributed by atoms with E-state index in [0.29, 0.717) is 19.3 Å². The van der Waals surface area contributed by atoms with Gasteiger partial charge in [0.2, 0.25) is 0 Å². The quantitative estimate of drug-likeness (QED) is 0.792. The Hall–Kier alpha value is -2.28. The highest BCUT2D eigenvalue weighted by Gasteiger charge is 2.22. The Morgan fingerprint density at radius 1 is 0.964 bits per heavy atom. The van der Waals surface area contributed by atoms with Gasteiger partial charge in [0, 0.05) is 32.2 Å². The minimum Gasteiger partial charge on any atom is -0.497 e. The molecule has 2 aliphatic heterocycles. The number of nitrogens with one attached hydrogen (secondary N) is 1. The summed E-state index contributed by atoms with van der Waals surface area (Å²) in [7, 11) is 1.70. The molecule has 0 aliphatic carbocycles. The molecule has 2 aromatic rings. The smallest absolute Gasteiger partial charge is 0.161 e. The number of hydrogen-bond donors (Lipinski definition) is 1. The van der Waals surface area contributed by atoms with Gasteiger partial charge in [-0.15, -0.1) is 0 Å². The summed E-state index contributed by atoms with van der Waals surface area (Å²) in [6.45, 7) is 6.34. The van der Waals surface area contributed by atoms with E-state index in [-0.39, 0.29) is 0 Å². The van der Waals surface area contributed by atoms with Crippen LogP contribution in [0.25, 0.3) is 0 Å². The van der Waals surface area contributed by atoms with E-state index in [1.807, 2.05) is 18.2 Å². The Kier molecular flexibility index (Phi) is 6.31. The Balaban J connectivity index is 1.41. The minimum atomic E-state index is 0.298. The molecular formula is C22H28N2O4. The molecule has 4 rings (SSSR count). The first kappa shape index (κ1) is 19.1. The summed E-state index contributed by atoms with van der Waals surface area (Å²) in [6, 6.07) is 14.8. The molecule has 2 heterocycles. The second-order valence-electron chi connectivity index (χ2n) is 7.05. The Bertz CT molecular complexity index is 760. The Morgan fingerprint density at radius 3 is 2.46 bits per heavy atom. The average Bonchev–Trinajstić information content (AvgIpc) is 2.77. The van der Waals surface area contributed by atoms with Crippen LogP contribution < -0.4 is 19.5 Å². The predicted molar refractivity (Wildman–Crippen MR) is 107 cm³/mol. The third-order valence-corrected chi connectivity index (χ3v) is 5.26. The van der Waals surface area contributed by atoms with E-state index in [2.05, 4.69) is 34.5 Å². The number of nitrogens with zero attached hydrogens (tertiary/aromatic N) is 1. The fraction of sp³-hybridized carbons (Fsp3) is 0.455. The van der Waals surface area contributed by atoms with Crippen LogP contribution in [-0.2, 0) is 11.3 Å². The van der Waals surface area contributed by atoms with E-state index in [1.165, 1.54) is 11.1 Å². The molecule has 6 heteroatoms. The van der Waals surface area contributed by atoms with Crippen molar-refractivity contribution in [3.8, 4) is 17.2 Å². The van der Waals surface area contributed by atoms with Gasteiger partial charge in [-0.25, -0.2) is 0 Å². The molecule has 1 saturated heterocycles. The SMILES string of the molecule is COc1ccc([C@@H](CNCc2ccc3c(c2)OCCO3)N2CCOCC2)cc1. The largest absolute Gasteiger partial charge is 0.497 e. The molecule has 0 spiro atoms. The Morgan fingerprint density at radius 2 is 1.71 bits per heavy atom. The number of rotatable bonds is 7. The summed E-state index contributed by atoms with van der Waals surface area (Å²) < 4.78 is 22.1. The van der Waals surface area contributed by atoms with Crippen LogP contribution in [0.1, 0.15) is 17.2 Å². The maximum Gasteiger partial charge on any atom is 0.161 e. The molecule has 6 nitrogen and oxygen atoms in total. The van der Waals surface area contributed by atoms with Crippen LogP contribution in [0.3, 0.4) is 0 Å². The predicted octanol–water partition coefficient (Wildman–Crippen LogP) is 2.63. The molecule has 0 amide bonds. The number of hydrogen-bond acceptors (Lipinski definition) is 6. The van der Waals surface area contributed by atoms with Crippen LogP contribution in [0, 0.1) is 0 Å². The standard InChI is InChI=1S/C22H28N2O4/c1-25-19-5-3-18(4-6-19)20(24-8-10-26-11-9-24)16-23-15-17-2-7-21-22(14-17)28-13-12-27-21/h2-7,14,20,23H,8-13,15-16H2,1H3/t20-/m1/s1. The molecule has 2 aliphatic rings. The van der Waals surface area contributed by atoms with Crippen molar-refractivity contribution in [3.05, 3.63) is 53.6 Å². The summed E-state index contributed by atoms with van der Waals surface area (Å²) >= 11 is 0. The van der Waals surface area contributed by atoms with Crippen LogP contribution >= 0.6 is 0 Å². The molecule has 0 radical (unpaired) electrons. The average molecular weight is 384 g/mol. The highest BCUT2D eigenvalue weighted by Crippen LogP contribution is 2.31. The molecule has 1 atom stereocenters. The van der Waals surface area contributed by atoms with Crippen LogP contribution in [0.2, 0.25) is 0 Å². The van der Waals surface area contributed by atoms with E-state index in [0.717, 1.165) is 56.6 Å². The molecular weight excluding hydrogens is 356 g/mol. The van der Waals surface area contributed by atoms with Crippen molar-refractivity contribution < 1.29 is 18.9 Å². The maximum atomic E-state index is 5.69. The van der Waals surface area contributed by atoms with Gasteiger partial charge in [0.15, 0.2) is 11.5 Å². The van der Waals surface area contributed by atoms with Crippen molar-refractivity contribution >= 4 is 0 Å². The van der Waals surface area contributed by atoms with Gasteiger partial charge in [0.05, 0.1) is 20.3 Å². The summed E-state index contributed by atoms with van der Waals surface area (Å²) in [5.41, 5.74) is 2.48. The number of fused-ring (bicyclic) bond motifs is 1. The number of methoxy groups -OCH3 is 1. The molecule has 0 saturated carbocycles. The first-order valence-corrected chi connectivity index (χ1v) is 9.88. The maximum absolute atomic E-state index is 5.69. The normalized spacial score (nSPS) is 17.9. The second-order valence-corrected chi connectivity index (χ2v) is 7.05. The van der Waals surface area contributed by atoms with Crippen molar-refractivity contribution in [2.75, 3.05) is 53.2 Å². The molecule has 1 fully saturated rings. The molecule has 28 heavy (non-hydrogen) atoms. The van der Waals surface area contributed by atoms with Gasteiger partial charge in [0.1, 0.15) is 19.0 Å². The highest BCUT2D eigenvalue weighted by atomic mass is 16.6. The van der Waals surface area contributed by atoms with Gasteiger partial charge in [-0.3, -0.25) is 4.90 Å². The Labute approximate surface area is 166 Å². The molecule has 0 unspecified atom stereocenters. The van der Waals surface area contributed by atoms with Crippen molar-refractivity contribution in [3.63, 3.8) is 0 Å². The molecule has 0 bridgehead atoms. The number of morpholine rings is 1. The third kappa shape index (κ3) is 4.58. The zero-order valence-corrected chi connectivity index (χ0v) is 16.4. The first-order valence-electron chi connectivity index (χ1n) is 9.88. The first-order chi connectivity index (χ1) is 13.8. The van der Waals surface area contributed by atoms with Crippen molar-refractivity contribution in [1.29, 1.82) is 0 Å². The van der Waals surface area contributed by atoms with Gasteiger partial charge in [-0.1, -0.05) is 18.2 Å². The summed E-state index contributed by atoms with van der Waals surface area (Å²) in [6.07, 6.45) is 0. The van der Waals surface area contributed by atoms with E-state index in [9.17, 15) is 0 Å². The van der Waals surface area contributed by atoms with Crippen LogP contribution in [-0.4, -0.2) is 58.1 Å². The van der Waals surface area contributed by atoms with Crippen LogP contribution in [0.4, 0.5) is 0 Å². The summed E-state index contributed by atoms with van der Waals surface area (Å²) in [5, 5.41) is 3.62. The van der Waals surface area contributed by atoms with Gasteiger partial charge >= 0.3 is 0 Å². The molecule has 2 aromatic carbocycles. The lowest BCUT2D eigenvalue weighted by Crippen LogP contribution is -2.42. The van der Waals surface area contributed by atoms with Gasteiger partial charge < -0.3 is 24.3 Å². The fourth-order valence-corrected chi connectivity index (χ4v) is 3.72. The zero-order valence-electron chi connectivity index (χ0n) is 16.4. The second kappa shape index (κ2) is 9.28. The van der Waals surface area contributed by atoms with Crippen molar-refractivity contribution in [2.45, 2.75) is 12.6 Å². The lowest BCUT2D eigenvalue weighted by Gasteiger charge is -2.35. The van der Waals surface area contributed by atoms with E-state index in [4.69, 9.17) is 18.9 Å². The zero-order chi connectivity index (χ0) is 19.2. The summed E-state index contributed by atoms with van der Waals surface area (Å²) in [4.78, 5) is 2.49. The minimum absolute atomic E-state index is 0.298. The van der Waals surface area contributed by atoms with E-state index < -0.39 is 0 Å². The van der Waals surface area contributed by atoms with Crippen molar-refractivity contribution in [1.82, 2.24) is 10.2 Å². The third-order valence-electron chi connectivity index (χ3n) is 5.26. The topological polar surface area (TPSA) is 52.2 Å². The lowest BCUT2D eigenvalue weighted by molar-refractivity contribution is 0.0161. The van der Waals surface area contributed by atoms with Crippen LogP contribution in [0.15, 0.2) is 42.5 Å². The fourth-order valence-electron chi connectivity index (χ4n) is 3.72. The number of ether oxygens (including phenoxy) is 4. The van der Waals surface area contributed by atoms with Crippen molar-refractivity contribution in [2.24, 2.45) is 0 Å². The number of benzene rings is 2. The molecule has 0 aromatic heterocycles. The van der Waals surface area contributed by atoms with Gasteiger partial charge in [-0.05, 0) is 35.4 Å². The van der Waals surface area contributed by atoms with Crippen LogP contribution in [0.5, 0.6) is 17.2 Å². The highest BCUT2D eigenvalue weighted by molar-refractivity contribution is 5.43. The van der Waals surface area contributed by atoms with E-state index >= 15 is 0 Å². The molecule has 1 N–H and O–H groups in total. The monoisotopic (exact) mass is 384 g/mol. The lowest BCUT2D eigenvalue weighted by atomic mass is 10.0.